The van der Waals surface area contributed by atoms with Crippen LogP contribution in [0.1, 0.15) is 24.9 Å². The van der Waals surface area contributed by atoms with Crippen LogP contribution in [0.4, 0.5) is 0 Å². The number of rotatable bonds is 6. The Kier molecular flexibility index (Phi) is 5.66. The molecule has 0 aliphatic heterocycles. The molecule has 2 atom stereocenters. The molecule has 94 valence electrons. The molecule has 0 radical (unpaired) electrons. The number of hydrogen-bond acceptors (Lipinski definition) is 4. The number of ether oxygens (including phenoxy) is 1. The van der Waals surface area contributed by atoms with Crippen molar-refractivity contribution in [1.82, 2.24) is 5.32 Å². The molecule has 1 aromatic rings. The molecule has 0 fully saturated rings. The van der Waals surface area contributed by atoms with E-state index in [4.69, 9.17) is 4.74 Å². The largest absolute Gasteiger partial charge is 0.468 e. The molecule has 2 N–H and O–H groups in total. The maximum absolute atomic E-state index is 11.6. The van der Waals surface area contributed by atoms with E-state index in [2.05, 4.69) is 5.32 Å². The number of benzene rings is 1. The van der Waals surface area contributed by atoms with Gasteiger partial charge in [0.05, 0.1) is 13.2 Å². The maximum atomic E-state index is 11.6. The van der Waals surface area contributed by atoms with Crippen LogP contribution in [0.2, 0.25) is 0 Å². The van der Waals surface area contributed by atoms with Gasteiger partial charge in [-0.2, -0.15) is 0 Å². The highest BCUT2D eigenvalue weighted by molar-refractivity contribution is 5.77. The zero-order valence-electron chi connectivity index (χ0n) is 10.2. The van der Waals surface area contributed by atoms with Crippen molar-refractivity contribution < 1.29 is 14.6 Å². The molecule has 0 saturated heterocycles. The molecule has 17 heavy (non-hydrogen) atoms. The normalized spacial score (nSPS) is 14.1. The van der Waals surface area contributed by atoms with Gasteiger partial charge >= 0.3 is 5.97 Å². The van der Waals surface area contributed by atoms with Crippen molar-refractivity contribution in [2.45, 2.75) is 25.5 Å². The van der Waals surface area contributed by atoms with Gasteiger partial charge in [0.1, 0.15) is 6.04 Å². The summed E-state index contributed by atoms with van der Waals surface area (Å²) in [5.74, 6) is -0.318. The van der Waals surface area contributed by atoms with Crippen LogP contribution >= 0.6 is 0 Å². The van der Waals surface area contributed by atoms with Crippen LogP contribution in [0, 0.1) is 0 Å². The summed E-state index contributed by atoms with van der Waals surface area (Å²) in [6.45, 7) is 2.28. The molecule has 1 aromatic carbocycles. The minimum atomic E-state index is -0.472. The van der Waals surface area contributed by atoms with E-state index >= 15 is 0 Å². The van der Waals surface area contributed by atoms with Gasteiger partial charge in [-0.3, -0.25) is 0 Å². The number of methoxy groups -OCH3 is 1. The van der Waals surface area contributed by atoms with Crippen LogP contribution in [-0.4, -0.2) is 30.8 Å². The van der Waals surface area contributed by atoms with Crippen LogP contribution in [-0.2, 0) is 9.53 Å². The standard InChI is InChI=1S/C13H19NO3/c1-10(15)8-9-14-12(13(16)17-2)11-6-4-3-5-7-11/h3-7,10,12,14-15H,8-9H2,1-2H3. The van der Waals surface area contributed by atoms with Gasteiger partial charge in [0.2, 0.25) is 0 Å². The lowest BCUT2D eigenvalue weighted by molar-refractivity contribution is -0.143. The van der Waals surface area contributed by atoms with E-state index in [1.165, 1.54) is 7.11 Å². The number of hydrogen-bond donors (Lipinski definition) is 2. The molecule has 0 amide bonds. The number of carbonyl (C=O) groups is 1. The molecule has 4 nitrogen and oxygen atoms in total. The summed E-state index contributed by atoms with van der Waals surface area (Å²) >= 11 is 0. The molecule has 0 bridgehead atoms. The fourth-order valence-electron chi connectivity index (χ4n) is 1.54. The highest BCUT2D eigenvalue weighted by Crippen LogP contribution is 2.13. The van der Waals surface area contributed by atoms with Crippen molar-refractivity contribution >= 4 is 5.97 Å². The fourth-order valence-corrected chi connectivity index (χ4v) is 1.54. The van der Waals surface area contributed by atoms with Crippen molar-refractivity contribution in [2.75, 3.05) is 13.7 Å². The van der Waals surface area contributed by atoms with Gasteiger partial charge in [-0.1, -0.05) is 30.3 Å². The Labute approximate surface area is 102 Å². The summed E-state index contributed by atoms with van der Waals surface area (Å²) in [7, 11) is 1.37. The Morgan fingerprint density at radius 3 is 2.59 bits per heavy atom. The Morgan fingerprint density at radius 2 is 2.06 bits per heavy atom. The Hall–Kier alpha value is -1.39. The third kappa shape index (κ3) is 4.54. The molecule has 0 saturated carbocycles. The minimum absolute atomic E-state index is 0.318. The lowest BCUT2D eigenvalue weighted by atomic mass is 10.1. The molecular formula is C13H19NO3. The van der Waals surface area contributed by atoms with Gasteiger partial charge in [-0.25, -0.2) is 4.79 Å². The van der Waals surface area contributed by atoms with Gasteiger partial charge in [-0.05, 0) is 25.5 Å². The van der Waals surface area contributed by atoms with Crippen LogP contribution in [0.25, 0.3) is 0 Å². The number of nitrogens with one attached hydrogen (secondary N) is 1. The summed E-state index contributed by atoms with van der Waals surface area (Å²) in [6, 6.07) is 8.92. The van der Waals surface area contributed by atoms with E-state index in [1.807, 2.05) is 30.3 Å². The van der Waals surface area contributed by atoms with Gasteiger partial charge in [0, 0.05) is 0 Å². The average molecular weight is 237 g/mol. The predicted octanol–water partition coefficient (Wildman–Crippen LogP) is 1.26. The van der Waals surface area contributed by atoms with E-state index in [0.717, 1.165) is 5.56 Å². The topological polar surface area (TPSA) is 58.6 Å². The third-order valence-corrected chi connectivity index (χ3v) is 2.48. The van der Waals surface area contributed by atoms with E-state index in [0.29, 0.717) is 13.0 Å². The molecule has 1 rings (SSSR count). The van der Waals surface area contributed by atoms with Crippen LogP contribution in [0.15, 0.2) is 30.3 Å². The molecular weight excluding hydrogens is 218 g/mol. The second-order valence-electron chi connectivity index (χ2n) is 3.96. The fraction of sp³-hybridized carbons (Fsp3) is 0.462. The summed E-state index contributed by atoms with van der Waals surface area (Å²) in [6.07, 6.45) is 0.219. The number of aliphatic hydroxyl groups is 1. The first-order valence-electron chi connectivity index (χ1n) is 5.69. The van der Waals surface area contributed by atoms with Crippen molar-refractivity contribution in [3.05, 3.63) is 35.9 Å². The number of carbonyl (C=O) groups excluding carboxylic acids is 1. The highest BCUT2D eigenvalue weighted by Gasteiger charge is 2.20. The van der Waals surface area contributed by atoms with Gasteiger partial charge < -0.3 is 15.2 Å². The second kappa shape index (κ2) is 7.04. The zero-order valence-corrected chi connectivity index (χ0v) is 10.2. The van der Waals surface area contributed by atoms with Crippen molar-refractivity contribution in [2.24, 2.45) is 0 Å². The first-order valence-corrected chi connectivity index (χ1v) is 5.69. The van der Waals surface area contributed by atoms with Crippen LogP contribution in [0.3, 0.4) is 0 Å². The molecule has 0 aliphatic rings. The SMILES string of the molecule is COC(=O)C(NCCC(C)O)c1ccccc1. The van der Waals surface area contributed by atoms with E-state index in [9.17, 15) is 9.90 Å². The van der Waals surface area contributed by atoms with Crippen molar-refractivity contribution in [3.63, 3.8) is 0 Å². The van der Waals surface area contributed by atoms with Gasteiger partial charge in [-0.15, -0.1) is 0 Å². The smallest absolute Gasteiger partial charge is 0.327 e. The maximum Gasteiger partial charge on any atom is 0.327 e. The highest BCUT2D eigenvalue weighted by atomic mass is 16.5. The molecule has 0 spiro atoms. The minimum Gasteiger partial charge on any atom is -0.468 e. The molecule has 0 heterocycles. The number of aliphatic hydroxyl groups excluding tert-OH is 1. The summed E-state index contributed by atoms with van der Waals surface area (Å²) in [5, 5.41) is 12.3. The zero-order chi connectivity index (χ0) is 12.7. The first kappa shape index (κ1) is 13.7. The Bertz CT molecular complexity index is 338. The molecule has 4 heteroatoms. The monoisotopic (exact) mass is 237 g/mol. The summed E-state index contributed by atoms with van der Waals surface area (Å²) in [5.41, 5.74) is 0.866. The average Bonchev–Trinajstić information content (AvgIpc) is 2.34. The van der Waals surface area contributed by atoms with E-state index in [-0.39, 0.29) is 12.1 Å². The van der Waals surface area contributed by atoms with E-state index < -0.39 is 6.04 Å². The molecule has 2 unspecified atom stereocenters. The van der Waals surface area contributed by atoms with Crippen LogP contribution < -0.4 is 5.32 Å². The quantitative estimate of drug-likeness (QED) is 0.731. The van der Waals surface area contributed by atoms with Crippen LogP contribution in [0.5, 0.6) is 0 Å². The second-order valence-corrected chi connectivity index (χ2v) is 3.96. The summed E-state index contributed by atoms with van der Waals surface area (Å²) < 4.78 is 4.76. The lowest BCUT2D eigenvalue weighted by Gasteiger charge is -2.17. The third-order valence-electron chi connectivity index (χ3n) is 2.48. The van der Waals surface area contributed by atoms with Gasteiger partial charge in [0.15, 0.2) is 0 Å². The lowest BCUT2D eigenvalue weighted by Crippen LogP contribution is -2.31. The Morgan fingerprint density at radius 1 is 1.41 bits per heavy atom. The molecule has 0 aliphatic carbocycles. The van der Waals surface area contributed by atoms with Gasteiger partial charge in [0.25, 0.3) is 0 Å². The van der Waals surface area contributed by atoms with Crippen molar-refractivity contribution in [1.29, 1.82) is 0 Å². The number of esters is 1. The van der Waals surface area contributed by atoms with Crippen molar-refractivity contribution in [3.8, 4) is 0 Å². The first-order chi connectivity index (χ1) is 8.15. The van der Waals surface area contributed by atoms with E-state index in [1.54, 1.807) is 6.92 Å². The Balaban J connectivity index is 2.65. The summed E-state index contributed by atoms with van der Waals surface area (Å²) in [4.78, 5) is 11.6. The molecule has 0 aromatic heterocycles. The predicted molar refractivity (Wildman–Crippen MR) is 65.5 cm³/mol.